The summed E-state index contributed by atoms with van der Waals surface area (Å²) in [4.78, 5) is 2.62. The topological polar surface area (TPSA) is 18.5 Å². The highest BCUT2D eigenvalue weighted by atomic mass is 32.1. The zero-order valence-electron chi connectivity index (χ0n) is 21.7. The highest BCUT2D eigenvalue weighted by Crippen LogP contribution is 2.51. The monoisotopic (exact) mass is 528 g/mol. The summed E-state index contributed by atoms with van der Waals surface area (Å²) >= 11 is 5.44. The van der Waals surface area contributed by atoms with Gasteiger partial charge in [0.25, 0.3) is 0 Å². The molecule has 0 amide bonds. The maximum Gasteiger partial charge on any atom is 0.146 e. The molecule has 190 valence electrons. The highest BCUT2D eigenvalue weighted by molar-refractivity contribution is 7.26. The van der Waals surface area contributed by atoms with Crippen molar-refractivity contribution in [2.75, 3.05) is 13.2 Å². The van der Waals surface area contributed by atoms with Crippen LogP contribution in [0.3, 0.4) is 0 Å². The number of unbranched alkanes of at least 4 members (excludes halogenated alkanes) is 2. The Bertz CT molecular complexity index is 1100. The van der Waals surface area contributed by atoms with E-state index in [0.717, 1.165) is 37.6 Å². The van der Waals surface area contributed by atoms with Crippen LogP contribution >= 0.6 is 34.0 Å². The molecule has 0 saturated carbocycles. The highest BCUT2D eigenvalue weighted by Gasteiger charge is 2.22. The Balaban J connectivity index is 1.73. The molecule has 4 rings (SSSR count). The van der Waals surface area contributed by atoms with Crippen molar-refractivity contribution in [3.05, 3.63) is 35.0 Å². The standard InChI is InChI=1S/C30H40O2S3/c1-5-9-12-21(7-3)19-31-27-23-15-17-34-29(23)28(32-20-22(8-4)13-10-6-2)24-18-26(35-30(24)27)25-14-11-16-33-25/h11,14-18,21-22H,5-10,12-13,19-20H2,1-4H3. The molecular weight excluding hydrogens is 489 g/mol. The van der Waals surface area contributed by atoms with E-state index >= 15 is 0 Å². The van der Waals surface area contributed by atoms with Crippen LogP contribution in [-0.2, 0) is 0 Å². The minimum atomic E-state index is 0.607. The quantitative estimate of drug-likeness (QED) is 0.153. The predicted molar refractivity (Wildman–Crippen MR) is 158 cm³/mol. The van der Waals surface area contributed by atoms with Crippen LogP contribution < -0.4 is 9.47 Å². The van der Waals surface area contributed by atoms with Crippen molar-refractivity contribution in [1.29, 1.82) is 0 Å². The lowest BCUT2D eigenvalue weighted by molar-refractivity contribution is 0.235. The lowest BCUT2D eigenvalue weighted by atomic mass is 10.0. The van der Waals surface area contributed by atoms with Gasteiger partial charge >= 0.3 is 0 Å². The summed E-state index contributed by atoms with van der Waals surface area (Å²) in [6.45, 7) is 10.7. The molecule has 3 aromatic heterocycles. The summed E-state index contributed by atoms with van der Waals surface area (Å²) in [5.74, 6) is 3.33. The van der Waals surface area contributed by atoms with Gasteiger partial charge in [0.1, 0.15) is 11.5 Å². The van der Waals surface area contributed by atoms with Gasteiger partial charge in [0.05, 0.1) is 22.6 Å². The Morgan fingerprint density at radius 3 is 1.94 bits per heavy atom. The molecule has 0 N–H and O–H groups in total. The molecule has 0 bridgehead atoms. The number of hydrogen-bond donors (Lipinski definition) is 0. The Morgan fingerprint density at radius 2 is 1.37 bits per heavy atom. The van der Waals surface area contributed by atoms with Gasteiger partial charge in [-0.25, -0.2) is 0 Å². The molecule has 5 heteroatoms. The summed E-state index contributed by atoms with van der Waals surface area (Å²) in [5, 5.41) is 6.78. The fourth-order valence-corrected chi connectivity index (χ4v) is 7.56. The second-order valence-corrected chi connectivity index (χ2v) is 12.5. The number of benzene rings is 1. The van der Waals surface area contributed by atoms with Gasteiger partial charge in [-0.1, -0.05) is 72.3 Å². The van der Waals surface area contributed by atoms with Crippen molar-refractivity contribution in [3.63, 3.8) is 0 Å². The van der Waals surface area contributed by atoms with E-state index in [1.165, 1.54) is 68.5 Å². The molecule has 2 nitrogen and oxygen atoms in total. The molecule has 0 radical (unpaired) electrons. The Labute approximate surface area is 223 Å². The van der Waals surface area contributed by atoms with Crippen molar-refractivity contribution >= 4 is 54.2 Å². The molecule has 0 saturated heterocycles. The molecule has 4 aromatic rings. The van der Waals surface area contributed by atoms with E-state index in [1.807, 2.05) is 11.3 Å². The molecule has 0 aliphatic heterocycles. The molecule has 1 aromatic carbocycles. The van der Waals surface area contributed by atoms with E-state index in [4.69, 9.17) is 9.47 Å². The van der Waals surface area contributed by atoms with Crippen LogP contribution in [0.5, 0.6) is 11.5 Å². The summed E-state index contributed by atoms with van der Waals surface area (Å²) in [6.07, 6.45) is 9.85. The van der Waals surface area contributed by atoms with E-state index in [1.54, 1.807) is 22.7 Å². The molecule has 0 spiro atoms. The molecule has 3 heterocycles. The van der Waals surface area contributed by atoms with Crippen LogP contribution in [0, 0.1) is 11.8 Å². The van der Waals surface area contributed by atoms with Gasteiger partial charge in [-0.2, -0.15) is 0 Å². The lowest BCUT2D eigenvalue weighted by Gasteiger charge is -2.19. The van der Waals surface area contributed by atoms with E-state index in [9.17, 15) is 0 Å². The van der Waals surface area contributed by atoms with Crippen molar-refractivity contribution in [1.82, 2.24) is 0 Å². The fourth-order valence-electron chi connectivity index (χ4n) is 4.66. The fraction of sp³-hybridized carbons (Fsp3) is 0.533. The minimum absolute atomic E-state index is 0.607. The largest absolute Gasteiger partial charge is 0.491 e. The average molecular weight is 529 g/mol. The number of rotatable bonds is 15. The maximum atomic E-state index is 6.69. The third-order valence-electron chi connectivity index (χ3n) is 7.08. The molecule has 0 aliphatic rings. The summed E-state index contributed by atoms with van der Waals surface area (Å²) in [7, 11) is 0. The molecule has 0 aliphatic carbocycles. The molecular formula is C30H40O2S3. The third-order valence-corrected chi connectivity index (χ3v) is 10.2. The molecule has 35 heavy (non-hydrogen) atoms. The SMILES string of the molecule is CCCCC(CC)COc1c2cc(-c3cccs3)sc2c(OCC(CC)CCCC)c2ccsc12. The maximum absolute atomic E-state index is 6.69. The van der Waals surface area contributed by atoms with Gasteiger partial charge in [0.15, 0.2) is 0 Å². The smallest absolute Gasteiger partial charge is 0.146 e. The van der Waals surface area contributed by atoms with Gasteiger partial charge < -0.3 is 9.47 Å². The number of thiophene rings is 3. The molecule has 0 fully saturated rings. The normalized spacial score (nSPS) is 13.5. The first-order valence-corrected chi connectivity index (χ1v) is 16.0. The van der Waals surface area contributed by atoms with E-state index in [2.05, 4.69) is 62.7 Å². The van der Waals surface area contributed by atoms with E-state index in [0.29, 0.717) is 11.8 Å². The zero-order chi connectivity index (χ0) is 24.6. The van der Waals surface area contributed by atoms with Gasteiger partial charge in [-0.05, 0) is 53.6 Å². The van der Waals surface area contributed by atoms with Crippen LogP contribution in [0.2, 0.25) is 0 Å². The third kappa shape index (κ3) is 6.23. The molecule has 2 unspecified atom stereocenters. The van der Waals surface area contributed by atoms with Crippen molar-refractivity contribution in [2.45, 2.75) is 79.1 Å². The summed E-state index contributed by atoms with van der Waals surface area (Å²) in [6, 6.07) is 8.92. The van der Waals surface area contributed by atoms with Gasteiger partial charge in [-0.3, -0.25) is 0 Å². The number of ether oxygens (including phenoxy) is 2. The first-order valence-electron chi connectivity index (χ1n) is 13.5. The lowest BCUT2D eigenvalue weighted by Crippen LogP contribution is -2.12. The van der Waals surface area contributed by atoms with Crippen molar-refractivity contribution < 1.29 is 9.47 Å². The van der Waals surface area contributed by atoms with Crippen LogP contribution in [0.1, 0.15) is 79.1 Å². The van der Waals surface area contributed by atoms with Crippen LogP contribution in [0.4, 0.5) is 0 Å². The number of fused-ring (bicyclic) bond motifs is 2. The Hall–Kier alpha value is -1.56. The van der Waals surface area contributed by atoms with Crippen LogP contribution in [0.25, 0.3) is 29.9 Å². The summed E-state index contributed by atoms with van der Waals surface area (Å²) < 4.78 is 15.9. The van der Waals surface area contributed by atoms with Crippen LogP contribution in [0.15, 0.2) is 35.0 Å². The van der Waals surface area contributed by atoms with Gasteiger partial charge in [-0.15, -0.1) is 34.0 Å². The number of hydrogen-bond acceptors (Lipinski definition) is 5. The Kier molecular flexibility index (Phi) is 9.93. The predicted octanol–water partition coefficient (Wildman–Crippen LogP) is 11.0. The van der Waals surface area contributed by atoms with Gasteiger partial charge in [0.2, 0.25) is 0 Å². The average Bonchev–Trinajstić information content (AvgIpc) is 3.65. The molecule has 2 atom stereocenters. The first kappa shape index (κ1) is 26.5. The first-order chi connectivity index (χ1) is 17.2. The van der Waals surface area contributed by atoms with Gasteiger partial charge in [0, 0.05) is 20.5 Å². The second kappa shape index (κ2) is 13.1. The van der Waals surface area contributed by atoms with E-state index in [-0.39, 0.29) is 0 Å². The minimum Gasteiger partial charge on any atom is -0.491 e. The van der Waals surface area contributed by atoms with Crippen molar-refractivity contribution in [3.8, 4) is 21.3 Å². The van der Waals surface area contributed by atoms with Crippen LogP contribution in [-0.4, -0.2) is 13.2 Å². The van der Waals surface area contributed by atoms with Crippen molar-refractivity contribution in [2.24, 2.45) is 11.8 Å². The van der Waals surface area contributed by atoms with E-state index < -0.39 is 0 Å². The Morgan fingerprint density at radius 1 is 0.714 bits per heavy atom. The zero-order valence-corrected chi connectivity index (χ0v) is 24.2. The summed E-state index contributed by atoms with van der Waals surface area (Å²) in [5.41, 5.74) is 0. The second-order valence-electron chi connectivity index (χ2n) is 9.61.